The first kappa shape index (κ1) is 12.1. The Bertz CT molecular complexity index is 219. The number of ether oxygens (including phenoxy) is 2. The Labute approximate surface area is 82.3 Å². The van der Waals surface area contributed by atoms with E-state index in [0.29, 0.717) is 0 Å². The number of methoxy groups -OCH3 is 2. The number of thiophene rings is 1. The molecular formula is C9H14O3S. The first-order valence-corrected chi connectivity index (χ1v) is 4.64. The lowest BCUT2D eigenvalue weighted by Crippen LogP contribution is -1.88. The van der Waals surface area contributed by atoms with Crippen LogP contribution in [0.2, 0.25) is 0 Å². The molecule has 0 spiro atoms. The van der Waals surface area contributed by atoms with Crippen LogP contribution in [0.1, 0.15) is 11.8 Å². The number of carbonyl (C=O) groups excluding carboxylic acids is 1. The molecule has 0 aliphatic heterocycles. The minimum Gasteiger partial charge on any atom is -0.469 e. The molecule has 0 saturated carbocycles. The van der Waals surface area contributed by atoms with Gasteiger partial charge in [-0.25, -0.2) is 0 Å². The van der Waals surface area contributed by atoms with E-state index in [0.717, 1.165) is 6.61 Å². The first-order valence-electron chi connectivity index (χ1n) is 3.76. The Morgan fingerprint density at radius 3 is 2.46 bits per heavy atom. The van der Waals surface area contributed by atoms with Crippen LogP contribution in [0.15, 0.2) is 17.5 Å². The van der Waals surface area contributed by atoms with Gasteiger partial charge >= 0.3 is 5.97 Å². The molecule has 0 amide bonds. The van der Waals surface area contributed by atoms with E-state index in [1.54, 1.807) is 18.4 Å². The van der Waals surface area contributed by atoms with Gasteiger partial charge in [0.15, 0.2) is 0 Å². The van der Waals surface area contributed by atoms with E-state index in [9.17, 15) is 4.79 Å². The molecule has 1 heterocycles. The smallest absolute Gasteiger partial charge is 0.302 e. The molecule has 1 aromatic rings. The molecule has 0 atom stereocenters. The molecular weight excluding hydrogens is 188 g/mol. The van der Waals surface area contributed by atoms with Crippen molar-refractivity contribution < 1.29 is 14.3 Å². The van der Waals surface area contributed by atoms with Gasteiger partial charge in [-0.1, -0.05) is 6.07 Å². The third-order valence-electron chi connectivity index (χ3n) is 1.15. The highest BCUT2D eigenvalue weighted by Gasteiger charge is 1.87. The molecule has 3 nitrogen and oxygen atoms in total. The fourth-order valence-corrected chi connectivity index (χ4v) is 1.21. The molecule has 0 unspecified atom stereocenters. The summed E-state index contributed by atoms with van der Waals surface area (Å²) in [6.07, 6.45) is 0. The molecule has 1 aromatic heterocycles. The predicted molar refractivity (Wildman–Crippen MR) is 52.7 cm³/mol. The van der Waals surface area contributed by atoms with Crippen LogP contribution in [-0.4, -0.2) is 20.2 Å². The third kappa shape index (κ3) is 7.49. The van der Waals surface area contributed by atoms with Crippen LogP contribution in [-0.2, 0) is 20.9 Å². The highest BCUT2D eigenvalue weighted by Crippen LogP contribution is 2.08. The second-order valence-corrected chi connectivity index (χ2v) is 3.24. The third-order valence-corrected chi connectivity index (χ3v) is 2.00. The fourth-order valence-electron chi connectivity index (χ4n) is 0.537. The van der Waals surface area contributed by atoms with E-state index >= 15 is 0 Å². The normalized spacial score (nSPS) is 8.54. The van der Waals surface area contributed by atoms with Crippen LogP contribution in [0.3, 0.4) is 0 Å². The monoisotopic (exact) mass is 202 g/mol. The molecule has 0 aliphatic rings. The summed E-state index contributed by atoms with van der Waals surface area (Å²) < 4.78 is 9.01. The number of carbonyl (C=O) groups is 1. The van der Waals surface area contributed by atoms with Gasteiger partial charge in [0.1, 0.15) is 0 Å². The van der Waals surface area contributed by atoms with Crippen LogP contribution >= 0.6 is 11.3 Å². The zero-order valence-electron chi connectivity index (χ0n) is 8.07. The van der Waals surface area contributed by atoms with Gasteiger partial charge in [-0.2, -0.15) is 0 Å². The molecule has 4 heteroatoms. The maximum absolute atomic E-state index is 9.59. The summed E-state index contributed by atoms with van der Waals surface area (Å²) in [6, 6.07) is 4.09. The summed E-state index contributed by atoms with van der Waals surface area (Å²) in [4.78, 5) is 10.9. The number of esters is 1. The van der Waals surface area contributed by atoms with Crippen molar-refractivity contribution in [1.82, 2.24) is 0 Å². The summed E-state index contributed by atoms with van der Waals surface area (Å²) in [5.74, 6) is -0.245. The van der Waals surface area contributed by atoms with Crippen LogP contribution in [0, 0.1) is 0 Å². The van der Waals surface area contributed by atoms with Gasteiger partial charge in [-0.3, -0.25) is 4.79 Å². The van der Waals surface area contributed by atoms with Gasteiger partial charge in [0, 0.05) is 18.9 Å². The summed E-state index contributed by atoms with van der Waals surface area (Å²) in [5, 5.41) is 2.05. The number of hydrogen-bond donors (Lipinski definition) is 0. The summed E-state index contributed by atoms with van der Waals surface area (Å²) in [5.41, 5.74) is 0. The van der Waals surface area contributed by atoms with Gasteiger partial charge in [0.25, 0.3) is 0 Å². The quantitative estimate of drug-likeness (QED) is 0.689. The Morgan fingerprint density at radius 2 is 2.15 bits per heavy atom. The Hall–Kier alpha value is -0.870. The highest BCUT2D eigenvalue weighted by molar-refractivity contribution is 7.09. The highest BCUT2D eigenvalue weighted by atomic mass is 32.1. The molecule has 0 N–H and O–H groups in total. The zero-order valence-corrected chi connectivity index (χ0v) is 8.89. The number of rotatable bonds is 2. The molecule has 0 bridgehead atoms. The van der Waals surface area contributed by atoms with Gasteiger partial charge in [-0.05, 0) is 11.4 Å². The van der Waals surface area contributed by atoms with Crippen LogP contribution in [0.4, 0.5) is 0 Å². The molecule has 0 radical (unpaired) electrons. The fraction of sp³-hybridized carbons (Fsp3) is 0.444. The lowest BCUT2D eigenvalue weighted by Gasteiger charge is -1.89. The Morgan fingerprint density at radius 1 is 1.54 bits per heavy atom. The average Bonchev–Trinajstić information content (AvgIpc) is 2.59. The van der Waals surface area contributed by atoms with E-state index in [1.807, 2.05) is 11.4 Å². The van der Waals surface area contributed by atoms with E-state index < -0.39 is 0 Å². The van der Waals surface area contributed by atoms with Crippen molar-refractivity contribution in [2.45, 2.75) is 13.5 Å². The summed E-state index contributed by atoms with van der Waals surface area (Å²) in [6.45, 7) is 2.11. The topological polar surface area (TPSA) is 35.5 Å². The van der Waals surface area contributed by atoms with Crippen LogP contribution < -0.4 is 0 Å². The lowest BCUT2D eigenvalue weighted by molar-refractivity contribution is -0.137. The van der Waals surface area contributed by atoms with Gasteiger partial charge < -0.3 is 9.47 Å². The van der Waals surface area contributed by atoms with Gasteiger partial charge in [0.2, 0.25) is 0 Å². The standard InChI is InChI=1S/C6H8OS.C3H6O2/c1-7-5-6-3-2-4-8-6;1-3(4)5-2/h2-4H,5H2,1H3;1-2H3. The number of hydrogen-bond acceptors (Lipinski definition) is 4. The maximum Gasteiger partial charge on any atom is 0.302 e. The molecule has 1 rings (SSSR count). The van der Waals surface area contributed by atoms with Crippen molar-refractivity contribution in [1.29, 1.82) is 0 Å². The van der Waals surface area contributed by atoms with Gasteiger partial charge in [-0.15, -0.1) is 11.3 Å². The molecule has 0 aromatic carbocycles. The second-order valence-electron chi connectivity index (χ2n) is 2.21. The molecule has 74 valence electrons. The van der Waals surface area contributed by atoms with E-state index in [1.165, 1.54) is 18.9 Å². The van der Waals surface area contributed by atoms with Crippen molar-refractivity contribution in [3.63, 3.8) is 0 Å². The zero-order chi connectivity index (χ0) is 10.1. The summed E-state index contributed by atoms with van der Waals surface area (Å²) >= 11 is 1.72. The lowest BCUT2D eigenvalue weighted by atomic mass is 10.5. The Balaban J connectivity index is 0.000000252. The van der Waals surface area contributed by atoms with Crippen molar-refractivity contribution >= 4 is 17.3 Å². The van der Waals surface area contributed by atoms with E-state index in [-0.39, 0.29) is 5.97 Å². The molecule has 13 heavy (non-hydrogen) atoms. The summed E-state index contributed by atoms with van der Waals surface area (Å²) in [7, 11) is 3.06. The minimum absolute atomic E-state index is 0.245. The Kier molecular flexibility index (Phi) is 7.24. The predicted octanol–water partition coefficient (Wildman–Crippen LogP) is 2.07. The molecule has 0 aliphatic carbocycles. The van der Waals surface area contributed by atoms with Crippen LogP contribution in [0.5, 0.6) is 0 Å². The van der Waals surface area contributed by atoms with E-state index in [4.69, 9.17) is 4.74 Å². The largest absolute Gasteiger partial charge is 0.469 e. The average molecular weight is 202 g/mol. The minimum atomic E-state index is -0.245. The van der Waals surface area contributed by atoms with Crippen LogP contribution in [0.25, 0.3) is 0 Å². The SMILES string of the molecule is COC(C)=O.COCc1cccs1. The first-order chi connectivity index (χ1) is 6.20. The second kappa shape index (κ2) is 7.76. The van der Waals surface area contributed by atoms with Crippen molar-refractivity contribution in [3.8, 4) is 0 Å². The van der Waals surface area contributed by atoms with E-state index in [2.05, 4.69) is 10.8 Å². The molecule has 0 fully saturated rings. The van der Waals surface area contributed by atoms with Gasteiger partial charge in [0.05, 0.1) is 13.7 Å². The van der Waals surface area contributed by atoms with Crippen molar-refractivity contribution in [3.05, 3.63) is 22.4 Å². The maximum atomic E-state index is 9.59. The van der Waals surface area contributed by atoms with Crippen molar-refractivity contribution in [2.24, 2.45) is 0 Å². The molecule has 0 saturated heterocycles. The van der Waals surface area contributed by atoms with Crippen molar-refractivity contribution in [2.75, 3.05) is 14.2 Å².